The standard InChI is InChI=1S/C40H77N2O6P/c1-3-5-7-9-11-13-15-17-18-19-20-22-23-25-27-29-31-33-39(43)38(37-48-49(45,46)47-36-35-41)42-40(44)34-32-30-28-26-24-21-16-14-12-10-8-6-4-2/h6,8,12,14,21,24,38-39,43H,3-5,7,9-11,13,15-20,22-23,25-37,41H2,1-2H3,(H,42,44)(H,45,46)/b8-6-,14-12-,24-21-. The molecular weight excluding hydrogens is 635 g/mol. The number of nitrogens with two attached hydrogens (primary N) is 1. The van der Waals surface area contributed by atoms with Gasteiger partial charge in [-0.1, -0.05) is 166 Å². The smallest absolute Gasteiger partial charge is 0.391 e. The molecule has 3 unspecified atom stereocenters. The number of hydrogen-bond donors (Lipinski definition) is 4. The summed E-state index contributed by atoms with van der Waals surface area (Å²) in [6.07, 6.45) is 41.5. The molecule has 288 valence electrons. The number of aliphatic hydroxyl groups is 1. The molecule has 0 aliphatic carbocycles. The van der Waals surface area contributed by atoms with Gasteiger partial charge in [-0.05, 0) is 44.9 Å². The van der Waals surface area contributed by atoms with Crippen molar-refractivity contribution in [1.82, 2.24) is 5.32 Å². The van der Waals surface area contributed by atoms with Crippen molar-refractivity contribution in [2.75, 3.05) is 19.8 Å². The molecule has 0 spiro atoms. The Balaban J connectivity index is 4.24. The maximum absolute atomic E-state index is 12.7. The van der Waals surface area contributed by atoms with Gasteiger partial charge in [0.15, 0.2) is 0 Å². The number of allylic oxidation sites excluding steroid dienone is 6. The number of nitrogens with one attached hydrogen (secondary N) is 1. The van der Waals surface area contributed by atoms with E-state index in [0.717, 1.165) is 64.2 Å². The molecule has 0 fully saturated rings. The van der Waals surface area contributed by atoms with Crippen LogP contribution >= 0.6 is 7.82 Å². The molecule has 3 atom stereocenters. The van der Waals surface area contributed by atoms with Crippen molar-refractivity contribution in [3.8, 4) is 0 Å². The summed E-state index contributed by atoms with van der Waals surface area (Å²) in [4.78, 5) is 22.6. The van der Waals surface area contributed by atoms with Crippen LogP contribution in [0, 0.1) is 0 Å². The molecule has 9 heteroatoms. The van der Waals surface area contributed by atoms with E-state index in [2.05, 4.69) is 55.6 Å². The summed E-state index contributed by atoms with van der Waals surface area (Å²) in [5.74, 6) is -0.191. The van der Waals surface area contributed by atoms with Crippen molar-refractivity contribution in [2.45, 2.75) is 193 Å². The molecule has 0 aliphatic heterocycles. The molecular formula is C40H77N2O6P. The molecule has 49 heavy (non-hydrogen) atoms. The summed E-state index contributed by atoms with van der Waals surface area (Å²) < 4.78 is 22.1. The van der Waals surface area contributed by atoms with Gasteiger partial charge in [-0.3, -0.25) is 13.8 Å². The maximum atomic E-state index is 12.7. The van der Waals surface area contributed by atoms with E-state index in [9.17, 15) is 19.4 Å². The molecule has 5 N–H and O–H groups in total. The SMILES string of the molecule is CC/C=C\C/C=C\C/C=C\CCCCCC(=O)NC(COP(=O)(O)OCCN)C(O)CCCCCCCCCCCCCCCCCCC. The molecule has 1 amide bonds. The Kier molecular flexibility index (Phi) is 35.6. The normalized spacial score (nSPS) is 14.6. The fourth-order valence-corrected chi connectivity index (χ4v) is 6.50. The molecule has 0 saturated carbocycles. The van der Waals surface area contributed by atoms with E-state index in [1.807, 2.05) is 0 Å². The lowest BCUT2D eigenvalue weighted by molar-refractivity contribution is -0.123. The minimum absolute atomic E-state index is 0.0831. The first-order chi connectivity index (χ1) is 23.9. The fraction of sp³-hybridized carbons (Fsp3) is 0.825. The second-order valence-corrected chi connectivity index (χ2v) is 14.9. The summed E-state index contributed by atoms with van der Waals surface area (Å²) in [6, 6.07) is -0.788. The van der Waals surface area contributed by atoms with E-state index in [0.29, 0.717) is 12.8 Å². The Labute approximate surface area is 301 Å². The molecule has 0 aromatic rings. The Morgan fingerprint density at radius 1 is 0.694 bits per heavy atom. The number of unbranched alkanes of at least 4 members (excludes halogenated alkanes) is 19. The van der Waals surface area contributed by atoms with Crippen LogP contribution in [0.15, 0.2) is 36.5 Å². The maximum Gasteiger partial charge on any atom is 0.472 e. The highest BCUT2D eigenvalue weighted by atomic mass is 31.2. The highest BCUT2D eigenvalue weighted by Gasteiger charge is 2.27. The second-order valence-electron chi connectivity index (χ2n) is 13.5. The van der Waals surface area contributed by atoms with Gasteiger partial charge in [-0.15, -0.1) is 0 Å². The topological polar surface area (TPSA) is 131 Å². The van der Waals surface area contributed by atoms with E-state index in [1.165, 1.54) is 89.9 Å². The zero-order valence-electron chi connectivity index (χ0n) is 31.7. The summed E-state index contributed by atoms with van der Waals surface area (Å²) in [5.41, 5.74) is 5.36. The first-order valence-electron chi connectivity index (χ1n) is 20.1. The predicted molar refractivity (Wildman–Crippen MR) is 208 cm³/mol. The summed E-state index contributed by atoms with van der Waals surface area (Å²) >= 11 is 0. The minimum Gasteiger partial charge on any atom is -0.391 e. The fourth-order valence-electron chi connectivity index (χ4n) is 5.74. The monoisotopic (exact) mass is 713 g/mol. The van der Waals surface area contributed by atoms with Crippen LogP contribution in [0.1, 0.15) is 181 Å². The summed E-state index contributed by atoms with van der Waals surface area (Å²) in [5, 5.41) is 13.7. The molecule has 0 rings (SSSR count). The highest BCUT2D eigenvalue weighted by molar-refractivity contribution is 7.47. The first kappa shape index (κ1) is 47.7. The third-order valence-corrected chi connectivity index (χ3v) is 9.74. The van der Waals surface area contributed by atoms with Crippen molar-refractivity contribution >= 4 is 13.7 Å². The van der Waals surface area contributed by atoms with Crippen molar-refractivity contribution in [3.05, 3.63) is 36.5 Å². The summed E-state index contributed by atoms with van der Waals surface area (Å²) in [7, 11) is -4.32. The number of amides is 1. The van der Waals surface area contributed by atoms with Crippen LogP contribution in [0.25, 0.3) is 0 Å². The first-order valence-corrected chi connectivity index (χ1v) is 21.6. The molecule has 0 saturated heterocycles. The van der Waals surface area contributed by atoms with E-state index in [1.54, 1.807) is 0 Å². The highest BCUT2D eigenvalue weighted by Crippen LogP contribution is 2.43. The zero-order chi connectivity index (χ0) is 36.1. The third-order valence-electron chi connectivity index (χ3n) is 8.76. The Bertz CT molecular complexity index is 866. The van der Waals surface area contributed by atoms with E-state index < -0.39 is 20.0 Å². The number of rotatable bonds is 37. The van der Waals surface area contributed by atoms with Crippen molar-refractivity contribution < 1.29 is 28.4 Å². The van der Waals surface area contributed by atoms with Gasteiger partial charge in [0.25, 0.3) is 0 Å². The molecule has 0 heterocycles. The van der Waals surface area contributed by atoms with Gasteiger partial charge in [-0.25, -0.2) is 4.57 Å². The number of aliphatic hydroxyl groups excluding tert-OH is 1. The van der Waals surface area contributed by atoms with Crippen molar-refractivity contribution in [3.63, 3.8) is 0 Å². The predicted octanol–water partition coefficient (Wildman–Crippen LogP) is 10.8. The lowest BCUT2D eigenvalue weighted by Crippen LogP contribution is -2.46. The van der Waals surface area contributed by atoms with E-state index >= 15 is 0 Å². The third kappa shape index (κ3) is 34.9. The largest absolute Gasteiger partial charge is 0.472 e. The quantitative estimate of drug-likeness (QED) is 0.0286. The van der Waals surface area contributed by atoms with Gasteiger partial charge >= 0.3 is 7.82 Å². The lowest BCUT2D eigenvalue weighted by Gasteiger charge is -2.25. The van der Waals surface area contributed by atoms with Gasteiger partial charge in [0.05, 0.1) is 25.4 Å². The van der Waals surface area contributed by atoms with Gasteiger partial charge in [0, 0.05) is 13.0 Å². The van der Waals surface area contributed by atoms with Gasteiger partial charge in [0.1, 0.15) is 0 Å². The molecule has 0 radical (unpaired) electrons. The number of hydrogen-bond acceptors (Lipinski definition) is 6. The van der Waals surface area contributed by atoms with Crippen LogP contribution in [-0.2, 0) is 18.4 Å². The number of phosphoric acid groups is 1. The molecule has 0 aromatic heterocycles. The average molecular weight is 713 g/mol. The van der Waals surface area contributed by atoms with Crippen molar-refractivity contribution in [2.24, 2.45) is 5.73 Å². The Morgan fingerprint density at radius 3 is 1.71 bits per heavy atom. The zero-order valence-corrected chi connectivity index (χ0v) is 32.6. The minimum atomic E-state index is -4.32. The average Bonchev–Trinajstić information content (AvgIpc) is 3.09. The van der Waals surface area contributed by atoms with E-state index in [4.69, 9.17) is 14.8 Å². The Hall–Kier alpha value is -1.28. The van der Waals surface area contributed by atoms with Gasteiger partial charge in [-0.2, -0.15) is 0 Å². The Morgan fingerprint density at radius 2 is 1.18 bits per heavy atom. The molecule has 0 aliphatic rings. The van der Waals surface area contributed by atoms with Gasteiger partial charge in [0.2, 0.25) is 5.91 Å². The van der Waals surface area contributed by atoms with Crippen LogP contribution < -0.4 is 11.1 Å². The summed E-state index contributed by atoms with van der Waals surface area (Å²) in [6.45, 7) is 4.06. The van der Waals surface area contributed by atoms with Gasteiger partial charge < -0.3 is 21.1 Å². The number of carbonyl (C=O) groups excluding carboxylic acids is 1. The van der Waals surface area contributed by atoms with Crippen molar-refractivity contribution in [1.29, 1.82) is 0 Å². The van der Waals surface area contributed by atoms with Crippen LogP contribution in [0.4, 0.5) is 0 Å². The molecule has 0 aromatic carbocycles. The molecule has 8 nitrogen and oxygen atoms in total. The van der Waals surface area contributed by atoms with Crippen LogP contribution in [0.2, 0.25) is 0 Å². The van der Waals surface area contributed by atoms with Crippen LogP contribution in [0.5, 0.6) is 0 Å². The number of phosphoric ester groups is 1. The lowest BCUT2D eigenvalue weighted by atomic mass is 10.0. The van der Waals surface area contributed by atoms with E-state index in [-0.39, 0.29) is 25.7 Å². The van der Waals surface area contributed by atoms with Crippen LogP contribution in [0.3, 0.4) is 0 Å². The molecule has 0 bridgehead atoms. The van der Waals surface area contributed by atoms with Crippen LogP contribution in [-0.4, -0.2) is 47.8 Å². The number of carbonyl (C=O) groups is 1. The second kappa shape index (κ2) is 36.5.